The van der Waals surface area contributed by atoms with Gasteiger partial charge < -0.3 is 19.0 Å². The molecule has 130 valence electrons. The molecule has 7 nitrogen and oxygen atoms in total. The number of nitrogens with one attached hydrogen (secondary N) is 1. The number of fused-ring (bicyclic) bond motifs is 1. The van der Waals surface area contributed by atoms with Crippen LogP contribution in [0.4, 0.5) is 0 Å². The zero-order valence-corrected chi connectivity index (χ0v) is 14.2. The van der Waals surface area contributed by atoms with Crippen molar-refractivity contribution in [2.24, 2.45) is 0 Å². The first-order chi connectivity index (χ1) is 12.0. The third-order valence-electron chi connectivity index (χ3n) is 4.06. The fourth-order valence-electron chi connectivity index (χ4n) is 2.41. The molecule has 0 saturated carbocycles. The number of hydrogen-bond donors (Lipinski definition) is 1. The fraction of sp³-hybridized carbons (Fsp3) is 0.278. The van der Waals surface area contributed by atoms with Crippen molar-refractivity contribution in [2.75, 3.05) is 0 Å². The second kappa shape index (κ2) is 6.80. The van der Waals surface area contributed by atoms with Gasteiger partial charge in [-0.3, -0.25) is 4.79 Å². The normalized spacial score (nSPS) is 12.1. The monoisotopic (exact) mass is 342 g/mol. The number of benzene rings is 1. The molecule has 1 aromatic carbocycles. The maximum absolute atomic E-state index is 12.1. The van der Waals surface area contributed by atoms with Crippen LogP contribution >= 0.6 is 0 Å². The van der Waals surface area contributed by atoms with Crippen molar-refractivity contribution in [3.05, 3.63) is 57.8 Å². The van der Waals surface area contributed by atoms with E-state index in [1.807, 2.05) is 13.0 Å². The second-order valence-electron chi connectivity index (χ2n) is 5.81. The highest BCUT2D eigenvalue weighted by Gasteiger charge is 2.16. The Morgan fingerprint density at radius 1 is 1.32 bits per heavy atom. The Kier molecular flexibility index (Phi) is 4.56. The highest BCUT2D eigenvalue weighted by atomic mass is 16.5. The van der Waals surface area contributed by atoms with E-state index in [1.54, 1.807) is 26.0 Å². The number of carbonyl (C=O) groups excluding carboxylic acids is 1. The van der Waals surface area contributed by atoms with Gasteiger partial charge in [0.05, 0.1) is 6.20 Å². The lowest BCUT2D eigenvalue weighted by Gasteiger charge is -2.15. The van der Waals surface area contributed by atoms with Gasteiger partial charge in [-0.05, 0) is 38.5 Å². The summed E-state index contributed by atoms with van der Waals surface area (Å²) in [6.07, 6.45) is 2.28. The van der Waals surface area contributed by atoms with Crippen LogP contribution < -0.4 is 15.7 Å². The summed E-state index contributed by atoms with van der Waals surface area (Å²) in [4.78, 5) is 23.9. The van der Waals surface area contributed by atoms with Gasteiger partial charge in [-0.2, -0.15) is 0 Å². The lowest BCUT2D eigenvalue weighted by atomic mass is 10.1. The van der Waals surface area contributed by atoms with E-state index >= 15 is 0 Å². The van der Waals surface area contributed by atoms with Crippen LogP contribution in [0.25, 0.3) is 11.0 Å². The Bertz CT molecular complexity index is 960. The first-order valence-electron chi connectivity index (χ1n) is 7.82. The number of hydrogen-bond acceptors (Lipinski definition) is 6. The van der Waals surface area contributed by atoms with Gasteiger partial charge in [-0.1, -0.05) is 5.16 Å². The molecule has 0 aliphatic rings. The van der Waals surface area contributed by atoms with Crippen LogP contribution in [0.2, 0.25) is 0 Å². The van der Waals surface area contributed by atoms with Crippen LogP contribution in [0.5, 0.6) is 5.75 Å². The highest BCUT2D eigenvalue weighted by Crippen LogP contribution is 2.24. The average molecular weight is 342 g/mol. The summed E-state index contributed by atoms with van der Waals surface area (Å²) in [6.45, 7) is 5.55. The van der Waals surface area contributed by atoms with Crippen LogP contribution in [0.1, 0.15) is 23.6 Å². The molecule has 1 atom stereocenters. The largest absolute Gasteiger partial charge is 0.481 e. The predicted molar refractivity (Wildman–Crippen MR) is 90.4 cm³/mol. The average Bonchev–Trinajstić information content (AvgIpc) is 3.11. The van der Waals surface area contributed by atoms with Crippen LogP contribution in [-0.2, 0) is 11.3 Å². The molecule has 1 N–H and O–H groups in total. The lowest BCUT2D eigenvalue weighted by molar-refractivity contribution is -0.127. The number of carbonyl (C=O) groups is 1. The quantitative estimate of drug-likeness (QED) is 0.716. The van der Waals surface area contributed by atoms with E-state index < -0.39 is 6.10 Å². The zero-order valence-electron chi connectivity index (χ0n) is 14.2. The Hall–Kier alpha value is -3.09. The summed E-state index contributed by atoms with van der Waals surface area (Å²) in [6, 6.07) is 5.18. The summed E-state index contributed by atoms with van der Waals surface area (Å²) in [5.74, 6) is 0.175. The maximum atomic E-state index is 12.1. The van der Waals surface area contributed by atoms with E-state index in [-0.39, 0.29) is 11.5 Å². The van der Waals surface area contributed by atoms with E-state index in [0.29, 0.717) is 23.4 Å². The second-order valence-corrected chi connectivity index (χ2v) is 5.81. The SMILES string of the molecule is Cc1c(C)c2ccc(OC(C)C(=O)NCc3cnoc3)cc2oc1=O. The maximum Gasteiger partial charge on any atom is 0.339 e. The fourth-order valence-corrected chi connectivity index (χ4v) is 2.41. The number of nitrogens with zero attached hydrogens (tertiary/aromatic N) is 1. The molecule has 3 rings (SSSR count). The number of aromatic nitrogens is 1. The molecule has 0 spiro atoms. The Morgan fingerprint density at radius 3 is 2.84 bits per heavy atom. The van der Waals surface area contributed by atoms with Gasteiger partial charge in [0.15, 0.2) is 6.10 Å². The Balaban J connectivity index is 1.72. The summed E-state index contributed by atoms with van der Waals surface area (Å²) in [5, 5.41) is 7.14. The molecule has 3 aromatic rings. The van der Waals surface area contributed by atoms with E-state index in [1.165, 1.54) is 12.5 Å². The van der Waals surface area contributed by atoms with Crippen LogP contribution in [0.3, 0.4) is 0 Å². The Labute approximate surface area is 143 Å². The molecule has 1 unspecified atom stereocenters. The van der Waals surface area contributed by atoms with Gasteiger partial charge in [0, 0.05) is 29.1 Å². The van der Waals surface area contributed by atoms with E-state index in [2.05, 4.69) is 10.5 Å². The molecular weight excluding hydrogens is 324 g/mol. The van der Waals surface area contributed by atoms with Gasteiger partial charge in [0.1, 0.15) is 17.6 Å². The standard InChI is InChI=1S/C18H18N2O5/c1-10-11(2)18(22)25-16-6-14(4-5-15(10)16)24-12(3)17(21)19-7-13-8-20-23-9-13/h4-6,8-9,12H,7H2,1-3H3,(H,19,21). The highest BCUT2D eigenvalue weighted by molar-refractivity contribution is 5.83. The summed E-state index contributed by atoms with van der Waals surface area (Å²) in [5.41, 5.74) is 2.28. The Morgan fingerprint density at radius 2 is 2.12 bits per heavy atom. The number of ether oxygens (including phenoxy) is 1. The molecule has 0 saturated heterocycles. The van der Waals surface area contributed by atoms with E-state index in [4.69, 9.17) is 13.7 Å². The minimum Gasteiger partial charge on any atom is -0.481 e. The minimum atomic E-state index is -0.712. The molecule has 25 heavy (non-hydrogen) atoms. The van der Waals surface area contributed by atoms with Gasteiger partial charge in [-0.15, -0.1) is 0 Å². The van der Waals surface area contributed by atoms with Crippen molar-refractivity contribution < 1.29 is 18.5 Å². The molecule has 1 amide bonds. The van der Waals surface area contributed by atoms with Crippen LogP contribution in [0.15, 0.2) is 44.4 Å². The van der Waals surface area contributed by atoms with Crippen molar-refractivity contribution in [1.82, 2.24) is 10.5 Å². The number of amides is 1. The van der Waals surface area contributed by atoms with E-state index in [9.17, 15) is 9.59 Å². The predicted octanol–water partition coefficient (Wildman–Crippen LogP) is 2.48. The molecule has 2 aromatic heterocycles. The van der Waals surface area contributed by atoms with Gasteiger partial charge in [0.25, 0.3) is 5.91 Å². The van der Waals surface area contributed by atoms with Crippen molar-refractivity contribution in [2.45, 2.75) is 33.4 Å². The number of rotatable bonds is 5. The van der Waals surface area contributed by atoms with Gasteiger partial charge >= 0.3 is 5.63 Å². The van der Waals surface area contributed by atoms with Crippen molar-refractivity contribution in [3.8, 4) is 5.75 Å². The summed E-state index contributed by atoms with van der Waals surface area (Å²) >= 11 is 0. The van der Waals surface area contributed by atoms with Gasteiger partial charge in [-0.25, -0.2) is 4.79 Å². The zero-order chi connectivity index (χ0) is 18.0. The summed E-state index contributed by atoms with van der Waals surface area (Å²) in [7, 11) is 0. The minimum absolute atomic E-state index is 0.275. The van der Waals surface area contributed by atoms with Crippen molar-refractivity contribution in [3.63, 3.8) is 0 Å². The smallest absolute Gasteiger partial charge is 0.339 e. The first-order valence-corrected chi connectivity index (χ1v) is 7.82. The van der Waals surface area contributed by atoms with Crippen LogP contribution in [-0.4, -0.2) is 17.2 Å². The first kappa shape index (κ1) is 16.8. The molecule has 7 heteroatoms. The van der Waals surface area contributed by atoms with Crippen molar-refractivity contribution in [1.29, 1.82) is 0 Å². The number of aryl methyl sites for hydroxylation is 1. The van der Waals surface area contributed by atoms with Crippen molar-refractivity contribution >= 4 is 16.9 Å². The summed E-state index contributed by atoms with van der Waals surface area (Å²) < 4.78 is 15.7. The molecule has 0 radical (unpaired) electrons. The topological polar surface area (TPSA) is 94.6 Å². The van der Waals surface area contributed by atoms with Gasteiger partial charge in [0.2, 0.25) is 0 Å². The van der Waals surface area contributed by atoms with E-state index in [0.717, 1.165) is 16.5 Å². The van der Waals surface area contributed by atoms with Crippen LogP contribution in [0, 0.1) is 13.8 Å². The molecular formula is C18H18N2O5. The molecule has 0 bridgehead atoms. The third-order valence-corrected chi connectivity index (χ3v) is 4.06. The molecule has 0 aliphatic carbocycles. The lowest BCUT2D eigenvalue weighted by Crippen LogP contribution is -2.35. The molecule has 0 aliphatic heterocycles. The third kappa shape index (κ3) is 3.55. The molecule has 2 heterocycles. The molecule has 0 fully saturated rings.